The van der Waals surface area contributed by atoms with Gasteiger partial charge in [0.2, 0.25) is 6.41 Å². The van der Waals surface area contributed by atoms with Gasteiger partial charge in [-0.25, -0.2) is 0 Å². The van der Waals surface area contributed by atoms with Gasteiger partial charge in [-0.05, 0) is 42.0 Å². The van der Waals surface area contributed by atoms with Crippen molar-refractivity contribution in [2.45, 2.75) is 6.54 Å². The second kappa shape index (κ2) is 8.68. The highest BCUT2D eigenvalue weighted by Gasteiger charge is 2.21. The van der Waals surface area contributed by atoms with Gasteiger partial charge >= 0.3 is 0 Å². The highest BCUT2D eigenvalue weighted by molar-refractivity contribution is 6.30. The van der Waals surface area contributed by atoms with Gasteiger partial charge in [-0.3, -0.25) is 14.4 Å². The summed E-state index contributed by atoms with van der Waals surface area (Å²) in [5.41, 5.74) is 1.98. The molecule has 0 aliphatic carbocycles. The van der Waals surface area contributed by atoms with Crippen molar-refractivity contribution in [3.63, 3.8) is 0 Å². The molecule has 0 radical (unpaired) electrons. The lowest BCUT2D eigenvalue weighted by molar-refractivity contribution is -0.119. The molecule has 0 unspecified atom stereocenters. The maximum Gasteiger partial charge on any atom is 0.253 e. The molecule has 0 atom stereocenters. The molecule has 6 nitrogen and oxygen atoms in total. The third-order valence-electron chi connectivity index (χ3n) is 4.51. The average molecular weight is 386 g/mol. The Bertz CT molecular complexity index is 813. The van der Waals surface area contributed by atoms with Crippen molar-refractivity contribution >= 4 is 29.8 Å². The Morgan fingerprint density at radius 3 is 2.11 bits per heavy atom. The van der Waals surface area contributed by atoms with E-state index < -0.39 is 0 Å². The molecule has 1 aliphatic rings. The normalized spacial score (nSPS) is 14.0. The Kier molecular flexibility index (Phi) is 6.08. The van der Waals surface area contributed by atoms with Crippen LogP contribution in [0.2, 0.25) is 5.02 Å². The van der Waals surface area contributed by atoms with E-state index in [1.807, 2.05) is 12.1 Å². The monoisotopic (exact) mass is 385 g/mol. The van der Waals surface area contributed by atoms with Gasteiger partial charge < -0.3 is 15.1 Å². The topological polar surface area (TPSA) is 69.7 Å². The predicted octanol–water partition coefficient (Wildman–Crippen LogP) is 2.18. The Labute approximate surface area is 162 Å². The van der Waals surface area contributed by atoms with Crippen molar-refractivity contribution in [1.29, 1.82) is 0 Å². The Balaban J connectivity index is 1.56. The van der Waals surface area contributed by atoms with Crippen LogP contribution >= 0.6 is 11.6 Å². The number of hydrogen-bond acceptors (Lipinski definition) is 3. The van der Waals surface area contributed by atoms with Crippen molar-refractivity contribution in [3.8, 4) is 0 Å². The van der Waals surface area contributed by atoms with Crippen LogP contribution in [0.15, 0.2) is 48.5 Å². The molecular formula is C20H20ClN3O3. The first kappa shape index (κ1) is 18.9. The van der Waals surface area contributed by atoms with E-state index in [1.165, 1.54) is 0 Å². The minimum Gasteiger partial charge on any atom is -0.348 e. The second-order valence-electron chi connectivity index (χ2n) is 6.32. The summed E-state index contributed by atoms with van der Waals surface area (Å²) in [6.07, 6.45) is 0.805. The van der Waals surface area contributed by atoms with Crippen molar-refractivity contribution in [3.05, 3.63) is 70.2 Å². The molecule has 140 valence electrons. The molecule has 7 heteroatoms. The molecule has 2 aromatic rings. The highest BCUT2D eigenvalue weighted by Crippen LogP contribution is 2.12. The van der Waals surface area contributed by atoms with Crippen LogP contribution < -0.4 is 5.32 Å². The highest BCUT2D eigenvalue weighted by atomic mass is 35.5. The zero-order chi connectivity index (χ0) is 19.2. The number of halogens is 1. The number of carbonyl (C=O) groups is 3. The van der Waals surface area contributed by atoms with E-state index in [1.54, 1.807) is 46.2 Å². The zero-order valence-electron chi connectivity index (χ0n) is 14.7. The van der Waals surface area contributed by atoms with Crippen molar-refractivity contribution in [1.82, 2.24) is 15.1 Å². The average Bonchev–Trinajstić information content (AvgIpc) is 2.73. The fraction of sp³-hybridized carbons (Fsp3) is 0.250. The molecular weight excluding hydrogens is 366 g/mol. The summed E-state index contributed by atoms with van der Waals surface area (Å²) in [6.45, 7) is 2.51. The summed E-state index contributed by atoms with van der Waals surface area (Å²) < 4.78 is 0. The minimum absolute atomic E-state index is 0.0892. The fourth-order valence-corrected chi connectivity index (χ4v) is 2.99. The van der Waals surface area contributed by atoms with Crippen molar-refractivity contribution in [2.75, 3.05) is 26.2 Å². The van der Waals surface area contributed by atoms with Crippen LogP contribution in [0, 0.1) is 0 Å². The summed E-state index contributed by atoms with van der Waals surface area (Å²) >= 11 is 5.85. The molecule has 0 aromatic heterocycles. The number of rotatable bonds is 5. The molecule has 3 amide bonds. The molecule has 0 bridgehead atoms. The Hall–Kier alpha value is -2.86. The molecule has 27 heavy (non-hydrogen) atoms. The van der Waals surface area contributed by atoms with E-state index in [0.29, 0.717) is 48.9 Å². The van der Waals surface area contributed by atoms with Crippen molar-refractivity contribution < 1.29 is 14.4 Å². The number of piperazine rings is 1. The zero-order valence-corrected chi connectivity index (χ0v) is 15.5. The van der Waals surface area contributed by atoms with E-state index in [2.05, 4.69) is 5.32 Å². The first-order valence-corrected chi connectivity index (χ1v) is 9.06. The fourth-order valence-electron chi connectivity index (χ4n) is 2.86. The summed E-state index contributed by atoms with van der Waals surface area (Å²) in [4.78, 5) is 38.9. The molecule has 1 saturated heterocycles. The van der Waals surface area contributed by atoms with Gasteiger partial charge in [-0.1, -0.05) is 23.7 Å². The molecule has 1 N–H and O–H groups in total. The Morgan fingerprint density at radius 2 is 1.52 bits per heavy atom. The summed E-state index contributed by atoms with van der Waals surface area (Å²) in [5, 5.41) is 3.49. The van der Waals surface area contributed by atoms with Crippen LogP contribution in [0.4, 0.5) is 0 Å². The quantitative estimate of drug-likeness (QED) is 0.802. The lowest BCUT2D eigenvalue weighted by Gasteiger charge is -2.32. The third kappa shape index (κ3) is 4.86. The van der Waals surface area contributed by atoms with Crippen molar-refractivity contribution in [2.24, 2.45) is 0 Å². The van der Waals surface area contributed by atoms with Crippen LogP contribution in [-0.4, -0.2) is 54.2 Å². The number of nitrogens with one attached hydrogen (secondary N) is 1. The molecule has 3 rings (SSSR count). The number of carbonyl (C=O) groups excluding carboxylic acids is 3. The maximum atomic E-state index is 12.5. The van der Waals surface area contributed by atoms with Gasteiger partial charge in [0.1, 0.15) is 0 Å². The molecule has 0 saturated carbocycles. The standard InChI is InChI=1S/C20H20ClN3O3/c21-18-7-1-15(2-8-18)13-22-19(26)16-3-5-17(6-4-16)20(27)24-11-9-23(14-25)10-12-24/h1-8,14H,9-13H2,(H,22,26). The van der Waals surface area contributed by atoms with E-state index in [4.69, 9.17) is 11.6 Å². The maximum absolute atomic E-state index is 12.5. The first-order chi connectivity index (χ1) is 13.1. The van der Waals surface area contributed by atoms with Crippen LogP contribution in [0.25, 0.3) is 0 Å². The Morgan fingerprint density at radius 1 is 0.926 bits per heavy atom. The van der Waals surface area contributed by atoms with Gasteiger partial charge in [-0.15, -0.1) is 0 Å². The molecule has 1 heterocycles. The molecule has 2 aromatic carbocycles. The largest absolute Gasteiger partial charge is 0.348 e. The molecule has 1 fully saturated rings. The second-order valence-corrected chi connectivity index (χ2v) is 6.76. The van der Waals surface area contributed by atoms with Crippen LogP contribution in [0.1, 0.15) is 26.3 Å². The molecule has 0 spiro atoms. The smallest absolute Gasteiger partial charge is 0.253 e. The number of amides is 3. The van der Waals surface area contributed by atoms with Crippen LogP contribution in [0.3, 0.4) is 0 Å². The summed E-state index contributed by atoms with van der Waals surface area (Å²) in [7, 11) is 0. The van der Waals surface area contributed by atoms with Gasteiger partial charge in [0.15, 0.2) is 0 Å². The van der Waals surface area contributed by atoms with Gasteiger partial charge in [-0.2, -0.15) is 0 Å². The lowest BCUT2D eigenvalue weighted by Crippen LogP contribution is -2.48. The first-order valence-electron chi connectivity index (χ1n) is 8.68. The van der Waals surface area contributed by atoms with Crippen LogP contribution in [-0.2, 0) is 11.3 Å². The SMILES string of the molecule is O=CN1CCN(C(=O)c2ccc(C(=O)NCc3ccc(Cl)cc3)cc2)CC1. The van der Waals surface area contributed by atoms with Crippen LogP contribution in [0.5, 0.6) is 0 Å². The number of hydrogen-bond donors (Lipinski definition) is 1. The number of nitrogens with zero attached hydrogens (tertiary/aromatic N) is 2. The third-order valence-corrected chi connectivity index (χ3v) is 4.76. The van der Waals surface area contributed by atoms with E-state index in [9.17, 15) is 14.4 Å². The van der Waals surface area contributed by atoms with E-state index in [-0.39, 0.29) is 11.8 Å². The van der Waals surface area contributed by atoms with Gasteiger partial charge in [0, 0.05) is 48.9 Å². The number of benzene rings is 2. The predicted molar refractivity (Wildman–Crippen MR) is 103 cm³/mol. The lowest BCUT2D eigenvalue weighted by atomic mass is 10.1. The van der Waals surface area contributed by atoms with E-state index in [0.717, 1.165) is 12.0 Å². The molecule has 1 aliphatic heterocycles. The van der Waals surface area contributed by atoms with Gasteiger partial charge in [0.05, 0.1) is 0 Å². The van der Waals surface area contributed by atoms with Gasteiger partial charge in [0.25, 0.3) is 11.8 Å². The van der Waals surface area contributed by atoms with E-state index >= 15 is 0 Å². The minimum atomic E-state index is -0.205. The summed E-state index contributed by atoms with van der Waals surface area (Å²) in [6, 6.07) is 13.9. The summed E-state index contributed by atoms with van der Waals surface area (Å²) in [5.74, 6) is -0.294.